The van der Waals surface area contributed by atoms with Gasteiger partial charge in [-0.05, 0) is 56.2 Å². The van der Waals surface area contributed by atoms with Crippen LogP contribution in [0, 0.1) is 13.8 Å². The number of aryl methyl sites for hydroxylation is 2. The van der Waals surface area contributed by atoms with Crippen molar-refractivity contribution in [1.29, 1.82) is 0 Å². The van der Waals surface area contributed by atoms with Crippen LogP contribution in [0.5, 0.6) is 0 Å². The fourth-order valence-electron chi connectivity index (χ4n) is 4.13. The van der Waals surface area contributed by atoms with Crippen LogP contribution in [0.3, 0.4) is 0 Å². The predicted molar refractivity (Wildman–Crippen MR) is 143 cm³/mol. The molecular formula is C27H26N6O2S. The van der Waals surface area contributed by atoms with Crippen molar-refractivity contribution in [2.45, 2.75) is 37.6 Å². The van der Waals surface area contributed by atoms with Crippen LogP contribution in [-0.4, -0.2) is 35.9 Å². The Morgan fingerprint density at radius 1 is 1.00 bits per heavy atom. The minimum absolute atomic E-state index is 0.169. The van der Waals surface area contributed by atoms with E-state index in [1.54, 1.807) is 18.2 Å². The zero-order valence-corrected chi connectivity index (χ0v) is 21.0. The number of anilines is 1. The SMILES string of the molecule is Cc1ccc(-n2c(Cc3ccccc3)nnc2SC(C)C(=O)Nc2ccc3[nH]c(=O)[nH]c3c2)c(C)c1. The van der Waals surface area contributed by atoms with E-state index < -0.39 is 5.25 Å². The lowest BCUT2D eigenvalue weighted by Crippen LogP contribution is -2.23. The molecule has 0 spiro atoms. The lowest BCUT2D eigenvalue weighted by molar-refractivity contribution is -0.115. The number of aromatic nitrogens is 5. The molecule has 2 aromatic heterocycles. The number of hydrogen-bond donors (Lipinski definition) is 3. The van der Waals surface area contributed by atoms with Crippen LogP contribution >= 0.6 is 11.8 Å². The summed E-state index contributed by atoms with van der Waals surface area (Å²) in [6, 6.07) is 21.7. The van der Waals surface area contributed by atoms with Crippen molar-refractivity contribution in [3.63, 3.8) is 0 Å². The molecule has 0 aliphatic heterocycles. The number of nitrogens with zero attached hydrogens (tertiary/aromatic N) is 3. The molecule has 36 heavy (non-hydrogen) atoms. The number of fused-ring (bicyclic) bond motifs is 1. The van der Waals surface area contributed by atoms with Gasteiger partial charge in [-0.15, -0.1) is 10.2 Å². The van der Waals surface area contributed by atoms with Gasteiger partial charge in [0.25, 0.3) is 0 Å². The van der Waals surface area contributed by atoms with E-state index in [0.29, 0.717) is 28.3 Å². The standard InChI is InChI=1S/C27H26N6O2S/c1-16-9-12-23(17(2)13-16)33-24(14-19-7-5-4-6-8-19)31-32-27(33)36-18(3)25(34)28-20-10-11-21-22(15-20)30-26(35)29-21/h4-13,15,18H,14H2,1-3H3,(H,28,34)(H2,29,30,35). The molecule has 1 unspecified atom stereocenters. The first-order chi connectivity index (χ1) is 17.4. The quantitative estimate of drug-likeness (QED) is 0.280. The monoisotopic (exact) mass is 498 g/mol. The Kier molecular flexibility index (Phi) is 6.47. The summed E-state index contributed by atoms with van der Waals surface area (Å²) in [5.41, 5.74) is 6.06. The van der Waals surface area contributed by atoms with Gasteiger partial charge in [0, 0.05) is 12.1 Å². The average molecular weight is 499 g/mol. The molecule has 0 bridgehead atoms. The van der Waals surface area contributed by atoms with Crippen LogP contribution in [0.2, 0.25) is 0 Å². The third-order valence-electron chi connectivity index (χ3n) is 5.93. The summed E-state index contributed by atoms with van der Waals surface area (Å²) in [5, 5.41) is 12.1. The van der Waals surface area contributed by atoms with E-state index in [4.69, 9.17) is 0 Å². The minimum atomic E-state index is -0.441. The summed E-state index contributed by atoms with van der Waals surface area (Å²) in [6.07, 6.45) is 0.622. The Morgan fingerprint density at radius 3 is 2.56 bits per heavy atom. The molecule has 1 amide bonds. The molecule has 0 saturated carbocycles. The van der Waals surface area contributed by atoms with Gasteiger partial charge in [-0.1, -0.05) is 59.8 Å². The molecule has 8 nitrogen and oxygen atoms in total. The van der Waals surface area contributed by atoms with Crippen molar-refractivity contribution in [2.75, 3.05) is 5.32 Å². The fraction of sp³-hybridized carbons (Fsp3) is 0.185. The molecule has 1 atom stereocenters. The van der Waals surface area contributed by atoms with Crippen LogP contribution in [0.25, 0.3) is 16.7 Å². The predicted octanol–water partition coefficient (Wildman–Crippen LogP) is 4.76. The maximum absolute atomic E-state index is 13.0. The second-order valence-corrected chi connectivity index (χ2v) is 10.1. The molecule has 5 rings (SSSR count). The number of nitrogens with one attached hydrogen (secondary N) is 3. The van der Waals surface area contributed by atoms with Crippen LogP contribution in [-0.2, 0) is 11.2 Å². The minimum Gasteiger partial charge on any atom is -0.325 e. The first-order valence-corrected chi connectivity index (χ1v) is 12.5. The number of amides is 1. The Morgan fingerprint density at radius 2 is 1.78 bits per heavy atom. The molecule has 0 aliphatic rings. The zero-order valence-electron chi connectivity index (χ0n) is 20.2. The Balaban J connectivity index is 1.42. The Labute approximate surface area is 212 Å². The van der Waals surface area contributed by atoms with Gasteiger partial charge >= 0.3 is 5.69 Å². The van der Waals surface area contributed by atoms with E-state index in [9.17, 15) is 9.59 Å². The number of carbonyl (C=O) groups is 1. The number of aromatic amines is 2. The topological polar surface area (TPSA) is 108 Å². The van der Waals surface area contributed by atoms with Crippen LogP contribution in [0.1, 0.15) is 29.4 Å². The van der Waals surface area contributed by atoms with Gasteiger partial charge in [0.05, 0.1) is 22.0 Å². The molecule has 182 valence electrons. The maximum atomic E-state index is 13.0. The van der Waals surface area contributed by atoms with E-state index in [1.807, 2.05) is 29.7 Å². The highest BCUT2D eigenvalue weighted by atomic mass is 32.2. The second-order valence-electron chi connectivity index (χ2n) is 8.78. The number of rotatable bonds is 7. The number of hydrogen-bond acceptors (Lipinski definition) is 5. The van der Waals surface area contributed by atoms with Gasteiger partial charge in [-0.25, -0.2) is 4.79 Å². The first-order valence-electron chi connectivity index (χ1n) is 11.6. The zero-order chi connectivity index (χ0) is 25.2. The lowest BCUT2D eigenvalue weighted by Gasteiger charge is -2.16. The van der Waals surface area contributed by atoms with Crippen molar-refractivity contribution in [3.8, 4) is 5.69 Å². The van der Waals surface area contributed by atoms with Crippen molar-refractivity contribution in [2.24, 2.45) is 0 Å². The fourth-order valence-corrected chi connectivity index (χ4v) is 5.01. The summed E-state index contributed by atoms with van der Waals surface area (Å²) in [7, 11) is 0. The van der Waals surface area contributed by atoms with Crippen molar-refractivity contribution in [3.05, 3.63) is 99.7 Å². The number of carbonyl (C=O) groups excluding carboxylic acids is 1. The first kappa shape index (κ1) is 23.6. The number of imidazole rings is 1. The third-order valence-corrected chi connectivity index (χ3v) is 6.98. The lowest BCUT2D eigenvalue weighted by atomic mass is 10.1. The number of thioether (sulfide) groups is 1. The number of H-pyrrole nitrogens is 2. The van der Waals surface area contributed by atoms with Crippen molar-refractivity contribution >= 4 is 34.4 Å². The van der Waals surface area contributed by atoms with Crippen LogP contribution in [0.4, 0.5) is 5.69 Å². The van der Waals surface area contributed by atoms with Gasteiger partial charge < -0.3 is 15.3 Å². The van der Waals surface area contributed by atoms with Gasteiger partial charge in [-0.3, -0.25) is 9.36 Å². The van der Waals surface area contributed by atoms with Gasteiger partial charge in [-0.2, -0.15) is 0 Å². The molecule has 9 heteroatoms. The number of benzene rings is 3. The maximum Gasteiger partial charge on any atom is 0.323 e. The highest BCUT2D eigenvalue weighted by Crippen LogP contribution is 2.29. The Bertz CT molecular complexity index is 1600. The van der Waals surface area contributed by atoms with E-state index in [2.05, 4.69) is 69.7 Å². The average Bonchev–Trinajstić information content (AvgIpc) is 3.41. The van der Waals surface area contributed by atoms with E-state index in [-0.39, 0.29) is 11.6 Å². The van der Waals surface area contributed by atoms with Gasteiger partial charge in [0.2, 0.25) is 5.91 Å². The molecule has 3 N–H and O–H groups in total. The van der Waals surface area contributed by atoms with Crippen molar-refractivity contribution < 1.29 is 4.79 Å². The van der Waals surface area contributed by atoms with E-state index in [0.717, 1.165) is 22.6 Å². The normalized spacial score (nSPS) is 12.1. The molecular weight excluding hydrogens is 472 g/mol. The summed E-state index contributed by atoms with van der Waals surface area (Å²) in [6.45, 7) is 5.98. The van der Waals surface area contributed by atoms with Gasteiger partial charge in [0.15, 0.2) is 5.16 Å². The highest BCUT2D eigenvalue weighted by Gasteiger charge is 2.22. The third kappa shape index (κ3) is 4.96. The molecule has 2 heterocycles. The summed E-state index contributed by atoms with van der Waals surface area (Å²) in [4.78, 5) is 30.0. The van der Waals surface area contributed by atoms with Crippen LogP contribution < -0.4 is 11.0 Å². The molecule has 0 fully saturated rings. The molecule has 0 saturated heterocycles. The smallest absolute Gasteiger partial charge is 0.323 e. The molecule has 0 radical (unpaired) electrons. The summed E-state index contributed by atoms with van der Waals surface area (Å²) in [5.74, 6) is 0.641. The van der Waals surface area contributed by atoms with E-state index in [1.165, 1.54) is 17.3 Å². The summed E-state index contributed by atoms with van der Waals surface area (Å²) >= 11 is 1.36. The largest absolute Gasteiger partial charge is 0.325 e. The second kappa shape index (κ2) is 9.87. The van der Waals surface area contributed by atoms with E-state index >= 15 is 0 Å². The highest BCUT2D eigenvalue weighted by molar-refractivity contribution is 8.00. The van der Waals surface area contributed by atoms with Crippen LogP contribution in [0.15, 0.2) is 76.7 Å². The van der Waals surface area contributed by atoms with Gasteiger partial charge in [0.1, 0.15) is 5.82 Å². The summed E-state index contributed by atoms with van der Waals surface area (Å²) < 4.78 is 2.05. The molecule has 3 aromatic carbocycles. The van der Waals surface area contributed by atoms with Crippen molar-refractivity contribution in [1.82, 2.24) is 24.7 Å². The molecule has 0 aliphatic carbocycles. The molecule has 5 aromatic rings. The Hall–Kier alpha value is -4.11.